The standard InChI is InChI=1S/C19H27NO3/c21-16-9-5-3-1-2-4-6-12-18-15(14-19(23)20-18)13-17(22)11-8-7-10-16/h14H,1-13H2. The van der Waals surface area contributed by atoms with Crippen LogP contribution >= 0.6 is 0 Å². The van der Waals surface area contributed by atoms with E-state index in [9.17, 15) is 14.4 Å². The lowest BCUT2D eigenvalue weighted by Gasteiger charge is -2.06. The van der Waals surface area contributed by atoms with Gasteiger partial charge in [0.05, 0.1) is 0 Å². The predicted octanol–water partition coefficient (Wildman–Crippen LogP) is 4.12. The highest BCUT2D eigenvalue weighted by Gasteiger charge is 2.19. The molecule has 4 heteroatoms. The van der Waals surface area contributed by atoms with Gasteiger partial charge in [-0.2, -0.15) is 0 Å². The van der Waals surface area contributed by atoms with Crippen molar-refractivity contribution in [2.45, 2.75) is 83.5 Å². The molecule has 1 heterocycles. The molecule has 1 saturated carbocycles. The summed E-state index contributed by atoms with van der Waals surface area (Å²) in [5.74, 6) is 0.262. The highest BCUT2D eigenvalue weighted by Crippen LogP contribution is 2.20. The Hall–Kier alpha value is -1.58. The molecule has 0 radical (unpaired) electrons. The van der Waals surface area contributed by atoms with Crippen molar-refractivity contribution in [1.82, 2.24) is 0 Å². The first-order valence-corrected chi connectivity index (χ1v) is 9.01. The van der Waals surface area contributed by atoms with E-state index >= 15 is 0 Å². The molecule has 0 aromatic carbocycles. The van der Waals surface area contributed by atoms with Gasteiger partial charge in [0.15, 0.2) is 0 Å². The van der Waals surface area contributed by atoms with E-state index in [0.717, 1.165) is 62.7 Å². The number of hydrogen-bond acceptors (Lipinski definition) is 3. The summed E-state index contributed by atoms with van der Waals surface area (Å²) in [6.45, 7) is 0. The third-order valence-electron chi connectivity index (χ3n) is 4.58. The van der Waals surface area contributed by atoms with Crippen molar-refractivity contribution in [2.75, 3.05) is 0 Å². The van der Waals surface area contributed by atoms with E-state index in [4.69, 9.17) is 0 Å². The van der Waals surface area contributed by atoms with E-state index < -0.39 is 0 Å². The summed E-state index contributed by atoms with van der Waals surface area (Å²) in [6, 6.07) is 0. The summed E-state index contributed by atoms with van der Waals surface area (Å²) in [5.41, 5.74) is 1.64. The van der Waals surface area contributed by atoms with Crippen molar-refractivity contribution < 1.29 is 14.4 Å². The Morgan fingerprint density at radius 1 is 0.652 bits per heavy atom. The second kappa shape index (κ2) is 9.53. The largest absolute Gasteiger partial charge is 0.300 e. The van der Waals surface area contributed by atoms with Gasteiger partial charge in [-0.3, -0.25) is 14.4 Å². The van der Waals surface area contributed by atoms with E-state index in [2.05, 4.69) is 4.99 Å². The smallest absolute Gasteiger partial charge is 0.270 e. The number of ketones is 2. The maximum atomic E-state index is 12.1. The normalized spacial score (nSPS) is 23.0. The van der Waals surface area contributed by atoms with Crippen molar-refractivity contribution in [2.24, 2.45) is 4.99 Å². The van der Waals surface area contributed by atoms with Crippen LogP contribution in [0, 0.1) is 0 Å². The predicted molar refractivity (Wildman–Crippen MR) is 90.6 cm³/mol. The Morgan fingerprint density at radius 3 is 1.87 bits per heavy atom. The van der Waals surface area contributed by atoms with Gasteiger partial charge in [0.25, 0.3) is 5.91 Å². The second-order valence-electron chi connectivity index (χ2n) is 6.65. The van der Waals surface area contributed by atoms with E-state index in [-0.39, 0.29) is 11.7 Å². The van der Waals surface area contributed by atoms with Gasteiger partial charge >= 0.3 is 0 Å². The molecule has 0 aromatic rings. The number of aliphatic imine (C=N–C) groups is 1. The fourth-order valence-corrected chi connectivity index (χ4v) is 3.23. The molecule has 0 bridgehead atoms. The van der Waals surface area contributed by atoms with Gasteiger partial charge in [-0.15, -0.1) is 0 Å². The molecule has 23 heavy (non-hydrogen) atoms. The van der Waals surface area contributed by atoms with Crippen LogP contribution in [-0.4, -0.2) is 23.2 Å². The van der Waals surface area contributed by atoms with Crippen LogP contribution in [0.2, 0.25) is 0 Å². The fourth-order valence-electron chi connectivity index (χ4n) is 3.23. The molecule has 4 nitrogen and oxygen atoms in total. The Labute approximate surface area is 138 Å². The van der Waals surface area contributed by atoms with Crippen molar-refractivity contribution in [3.8, 4) is 0 Å². The van der Waals surface area contributed by atoms with Crippen LogP contribution in [-0.2, 0) is 14.4 Å². The molecule has 0 atom stereocenters. The van der Waals surface area contributed by atoms with Gasteiger partial charge < -0.3 is 0 Å². The monoisotopic (exact) mass is 317 g/mol. The number of nitrogens with zero attached hydrogens (tertiary/aromatic N) is 1. The van der Waals surface area contributed by atoms with Crippen molar-refractivity contribution in [3.05, 3.63) is 11.6 Å². The topological polar surface area (TPSA) is 63.6 Å². The van der Waals surface area contributed by atoms with E-state index in [1.807, 2.05) is 0 Å². The van der Waals surface area contributed by atoms with E-state index in [0.29, 0.717) is 31.5 Å². The van der Waals surface area contributed by atoms with Gasteiger partial charge in [0, 0.05) is 37.5 Å². The number of rotatable bonds is 0. The maximum absolute atomic E-state index is 12.1. The minimum Gasteiger partial charge on any atom is -0.300 e. The summed E-state index contributed by atoms with van der Waals surface area (Å²) in [4.78, 5) is 39.4. The minimum atomic E-state index is -0.220. The molecule has 2 aliphatic rings. The molecule has 2 rings (SSSR count). The average molecular weight is 317 g/mol. The lowest BCUT2D eigenvalue weighted by molar-refractivity contribution is -0.120. The summed E-state index contributed by atoms with van der Waals surface area (Å²) in [6.07, 6.45) is 12.5. The third kappa shape index (κ3) is 6.59. The van der Waals surface area contributed by atoms with Gasteiger partial charge in [-0.05, 0) is 37.7 Å². The first kappa shape index (κ1) is 17.8. The van der Waals surface area contributed by atoms with Crippen molar-refractivity contribution >= 4 is 23.2 Å². The first-order chi connectivity index (χ1) is 11.1. The fraction of sp³-hybridized carbons (Fsp3) is 0.684. The van der Waals surface area contributed by atoms with Crippen LogP contribution in [0.3, 0.4) is 0 Å². The number of allylic oxidation sites excluding steroid dienone is 1. The SMILES string of the molecule is O=C1CCCCCCCCC2=NC(=O)C=C2CC(=O)CCCC1. The van der Waals surface area contributed by atoms with Gasteiger partial charge in [-0.25, -0.2) is 4.99 Å². The number of hydrogen-bond donors (Lipinski definition) is 0. The Morgan fingerprint density at radius 2 is 1.17 bits per heavy atom. The summed E-state index contributed by atoms with van der Waals surface area (Å²) in [7, 11) is 0. The summed E-state index contributed by atoms with van der Waals surface area (Å²) in [5, 5.41) is 0. The number of amides is 1. The minimum absolute atomic E-state index is 0.149. The van der Waals surface area contributed by atoms with Gasteiger partial charge in [0.2, 0.25) is 0 Å². The highest BCUT2D eigenvalue weighted by molar-refractivity contribution is 6.18. The van der Waals surface area contributed by atoms with Crippen LogP contribution in [0.15, 0.2) is 16.6 Å². The number of fused-ring (bicyclic) bond motifs is 1. The van der Waals surface area contributed by atoms with Crippen LogP contribution in [0.1, 0.15) is 83.5 Å². The summed E-state index contributed by atoms with van der Waals surface area (Å²) >= 11 is 0. The average Bonchev–Trinajstić information content (AvgIpc) is 2.85. The molecule has 0 N–H and O–H groups in total. The second-order valence-corrected chi connectivity index (χ2v) is 6.65. The molecule has 126 valence electrons. The van der Waals surface area contributed by atoms with Gasteiger partial charge in [-0.1, -0.05) is 25.7 Å². The first-order valence-electron chi connectivity index (χ1n) is 9.01. The molecule has 1 aliphatic heterocycles. The van der Waals surface area contributed by atoms with Crippen LogP contribution in [0.4, 0.5) is 0 Å². The molecule has 1 amide bonds. The molecule has 0 aromatic heterocycles. The van der Waals surface area contributed by atoms with Crippen LogP contribution < -0.4 is 0 Å². The molecule has 1 aliphatic carbocycles. The van der Waals surface area contributed by atoms with Crippen molar-refractivity contribution in [1.29, 1.82) is 0 Å². The molecular formula is C19H27NO3. The summed E-state index contributed by atoms with van der Waals surface area (Å²) < 4.78 is 0. The van der Waals surface area contributed by atoms with E-state index in [1.54, 1.807) is 0 Å². The molecule has 0 unspecified atom stereocenters. The van der Waals surface area contributed by atoms with Crippen LogP contribution in [0.25, 0.3) is 0 Å². The molecule has 0 spiro atoms. The lowest BCUT2D eigenvalue weighted by Crippen LogP contribution is -2.07. The van der Waals surface area contributed by atoms with E-state index in [1.165, 1.54) is 12.5 Å². The zero-order valence-electron chi connectivity index (χ0n) is 13.9. The molecular weight excluding hydrogens is 290 g/mol. The Bertz CT molecular complexity index is 517. The zero-order valence-corrected chi connectivity index (χ0v) is 13.9. The quantitative estimate of drug-likeness (QED) is 0.675. The Balaban J connectivity index is 1.90. The zero-order chi connectivity index (χ0) is 16.5. The van der Waals surface area contributed by atoms with Crippen molar-refractivity contribution in [3.63, 3.8) is 0 Å². The molecule has 0 saturated heterocycles. The highest BCUT2D eigenvalue weighted by atomic mass is 16.1. The lowest BCUT2D eigenvalue weighted by atomic mass is 9.98. The number of carbonyl (C=O) groups excluding carboxylic acids is 3. The van der Waals surface area contributed by atoms with Crippen LogP contribution in [0.5, 0.6) is 0 Å². The van der Waals surface area contributed by atoms with Gasteiger partial charge in [0.1, 0.15) is 11.6 Å². The number of carbonyl (C=O) groups is 3. The number of Topliss-reactive ketones (excluding diaryl/α,β-unsaturated/α-hetero) is 2. The molecule has 1 fully saturated rings. The maximum Gasteiger partial charge on any atom is 0.270 e. The Kier molecular flexibility index (Phi) is 7.37. The third-order valence-corrected chi connectivity index (χ3v) is 4.58.